The summed E-state index contributed by atoms with van der Waals surface area (Å²) in [5.41, 5.74) is 0.889. The second-order valence-corrected chi connectivity index (χ2v) is 6.96. The molecule has 16 heavy (non-hydrogen) atoms. The van der Waals surface area contributed by atoms with Gasteiger partial charge in [-0.3, -0.25) is 4.90 Å². The molecule has 0 saturated carbocycles. The zero-order chi connectivity index (χ0) is 12.1. The van der Waals surface area contributed by atoms with Gasteiger partial charge >= 0.3 is 0 Å². The van der Waals surface area contributed by atoms with Crippen LogP contribution in [0, 0.1) is 5.82 Å². The first-order chi connectivity index (χ1) is 7.58. The van der Waals surface area contributed by atoms with Gasteiger partial charge in [-0.2, -0.15) is 0 Å². The van der Waals surface area contributed by atoms with Crippen LogP contribution in [0.15, 0.2) is 18.2 Å². The molecule has 0 aliphatic carbocycles. The fraction of sp³-hybridized carbons (Fsp3) is 0.455. The van der Waals surface area contributed by atoms with Gasteiger partial charge in [0.25, 0.3) is 0 Å². The molecule has 1 aromatic carbocycles. The van der Waals surface area contributed by atoms with Crippen LogP contribution in [-0.2, 0) is 6.54 Å². The Balaban J connectivity index is 2.95. The molecule has 0 atom stereocenters. The highest BCUT2D eigenvalue weighted by molar-refractivity contribution is 8.08. The molecule has 1 aromatic rings. The van der Waals surface area contributed by atoms with Gasteiger partial charge in [0, 0.05) is 11.8 Å². The highest BCUT2D eigenvalue weighted by atomic mass is 35.9. The number of benzene rings is 1. The van der Waals surface area contributed by atoms with Crippen molar-refractivity contribution >= 4 is 34.4 Å². The zero-order valence-electron chi connectivity index (χ0n) is 9.38. The zero-order valence-corrected chi connectivity index (χ0v) is 11.8. The van der Waals surface area contributed by atoms with Gasteiger partial charge in [-0.25, -0.2) is 4.39 Å². The summed E-state index contributed by atoms with van der Waals surface area (Å²) in [4.78, 5) is 2.20. The van der Waals surface area contributed by atoms with Crippen LogP contribution in [0.2, 0.25) is 0 Å². The molecule has 0 unspecified atom stereocenters. The average Bonchev–Trinajstić information content (AvgIpc) is 2.25. The van der Waals surface area contributed by atoms with Crippen molar-refractivity contribution in [1.82, 2.24) is 4.90 Å². The second-order valence-electron chi connectivity index (χ2n) is 3.47. The maximum atomic E-state index is 13.2. The molecule has 0 radical (unpaired) electrons. The lowest BCUT2D eigenvalue weighted by molar-refractivity contribution is 0.296. The fourth-order valence-corrected chi connectivity index (χ4v) is 3.06. The summed E-state index contributed by atoms with van der Waals surface area (Å²) in [5, 5.41) is 0.853. The van der Waals surface area contributed by atoms with Gasteiger partial charge in [0.05, 0.1) is 0 Å². The van der Waals surface area contributed by atoms with Crippen LogP contribution >= 0.6 is 29.1 Å². The van der Waals surface area contributed by atoms with Crippen molar-refractivity contribution in [3.63, 3.8) is 0 Å². The van der Waals surface area contributed by atoms with E-state index in [1.807, 2.05) is 0 Å². The van der Waals surface area contributed by atoms with Crippen LogP contribution in [0.5, 0.6) is 0 Å². The van der Waals surface area contributed by atoms with Crippen LogP contribution in [0.4, 0.5) is 4.39 Å². The third kappa shape index (κ3) is 3.85. The minimum absolute atomic E-state index is 0.240. The quantitative estimate of drug-likeness (QED) is 0.735. The molecule has 0 saturated heterocycles. The average molecular weight is 282 g/mol. The first-order valence-corrected chi connectivity index (χ1v) is 8.36. The molecule has 0 bridgehead atoms. The number of hydrogen-bond acceptors (Lipinski definition) is 1. The topological polar surface area (TPSA) is 3.24 Å². The van der Waals surface area contributed by atoms with E-state index in [-0.39, 0.29) is 5.82 Å². The van der Waals surface area contributed by atoms with Crippen LogP contribution < -0.4 is 5.30 Å². The Hall–Kier alpha value is 0.120. The predicted octanol–water partition coefficient (Wildman–Crippen LogP) is 4.08. The van der Waals surface area contributed by atoms with E-state index >= 15 is 0 Å². The first kappa shape index (κ1) is 14.2. The van der Waals surface area contributed by atoms with Gasteiger partial charge in [0.15, 0.2) is 0 Å². The van der Waals surface area contributed by atoms with Gasteiger partial charge in [0.2, 0.25) is 0 Å². The fourth-order valence-electron chi connectivity index (χ4n) is 1.53. The van der Waals surface area contributed by atoms with Gasteiger partial charge in [-0.05, 0) is 36.9 Å². The standard InChI is InChI=1S/C11H15Cl2FNP/c1-3-15(4-2)8-9-7-10(14)5-6-11(9)16(12)13/h5-7H,3-4,8H2,1-2H3. The minimum Gasteiger partial charge on any atom is -0.300 e. The summed E-state index contributed by atoms with van der Waals surface area (Å²) in [6.45, 7) is 5.48. The van der Waals surface area contributed by atoms with E-state index in [1.54, 1.807) is 6.07 Å². The molecular weight excluding hydrogens is 267 g/mol. The van der Waals surface area contributed by atoms with Crippen molar-refractivity contribution in [3.05, 3.63) is 29.6 Å². The molecule has 0 heterocycles. The van der Waals surface area contributed by atoms with E-state index in [1.165, 1.54) is 12.1 Å². The van der Waals surface area contributed by atoms with Crippen LogP contribution in [0.3, 0.4) is 0 Å². The van der Waals surface area contributed by atoms with Crippen molar-refractivity contribution < 1.29 is 4.39 Å². The number of nitrogens with zero attached hydrogens (tertiary/aromatic N) is 1. The summed E-state index contributed by atoms with van der Waals surface area (Å²) in [5.74, 6) is -0.240. The highest BCUT2D eigenvalue weighted by Gasteiger charge is 2.13. The lowest BCUT2D eigenvalue weighted by Crippen LogP contribution is -2.25. The molecule has 0 spiro atoms. The van der Waals surface area contributed by atoms with E-state index in [2.05, 4.69) is 18.7 Å². The molecule has 0 N–H and O–H groups in total. The van der Waals surface area contributed by atoms with Crippen molar-refractivity contribution in [3.8, 4) is 0 Å². The maximum absolute atomic E-state index is 13.2. The van der Waals surface area contributed by atoms with Gasteiger partial charge in [-0.1, -0.05) is 36.3 Å². The number of halogens is 3. The third-order valence-electron chi connectivity index (χ3n) is 2.51. The van der Waals surface area contributed by atoms with E-state index in [0.29, 0.717) is 6.54 Å². The van der Waals surface area contributed by atoms with Crippen molar-refractivity contribution in [1.29, 1.82) is 0 Å². The van der Waals surface area contributed by atoms with Crippen molar-refractivity contribution in [2.75, 3.05) is 13.1 Å². The lowest BCUT2D eigenvalue weighted by Gasteiger charge is -2.20. The van der Waals surface area contributed by atoms with Crippen molar-refractivity contribution in [2.45, 2.75) is 20.4 Å². The molecule has 0 amide bonds. The Morgan fingerprint density at radius 1 is 1.25 bits per heavy atom. The normalized spacial score (nSPS) is 11.4. The Bertz CT molecular complexity index is 343. The van der Waals surface area contributed by atoms with Gasteiger partial charge in [0.1, 0.15) is 12.4 Å². The van der Waals surface area contributed by atoms with E-state index in [4.69, 9.17) is 22.5 Å². The molecule has 90 valence electrons. The van der Waals surface area contributed by atoms with Crippen molar-refractivity contribution in [2.24, 2.45) is 0 Å². The van der Waals surface area contributed by atoms with Crippen LogP contribution in [0.1, 0.15) is 19.4 Å². The first-order valence-electron chi connectivity index (χ1n) is 5.21. The van der Waals surface area contributed by atoms with E-state index in [0.717, 1.165) is 24.0 Å². The summed E-state index contributed by atoms with van der Waals surface area (Å²) in [6.07, 6.45) is 0. The molecule has 0 aliphatic rings. The molecule has 5 heteroatoms. The molecule has 1 nitrogen and oxygen atoms in total. The Kier molecular flexibility index (Phi) is 5.99. The monoisotopic (exact) mass is 281 g/mol. The lowest BCUT2D eigenvalue weighted by atomic mass is 10.2. The van der Waals surface area contributed by atoms with Crippen LogP contribution in [-0.4, -0.2) is 18.0 Å². The predicted molar refractivity (Wildman–Crippen MR) is 71.3 cm³/mol. The largest absolute Gasteiger partial charge is 0.300 e. The van der Waals surface area contributed by atoms with Gasteiger partial charge in [-0.15, -0.1) is 0 Å². The van der Waals surface area contributed by atoms with Gasteiger partial charge < -0.3 is 0 Å². The van der Waals surface area contributed by atoms with E-state index < -0.39 is 6.63 Å². The molecule has 0 fully saturated rings. The summed E-state index contributed by atoms with van der Waals surface area (Å²) in [6, 6.07) is 4.61. The SMILES string of the molecule is CCN(CC)Cc1cc(F)ccc1P(Cl)Cl. The molecular formula is C11H15Cl2FNP. The minimum atomic E-state index is -1.22. The smallest absolute Gasteiger partial charge is 0.123 e. The third-order valence-corrected chi connectivity index (χ3v) is 4.41. The molecule has 0 aromatic heterocycles. The summed E-state index contributed by atoms with van der Waals surface area (Å²) >= 11 is 11.8. The number of rotatable bonds is 5. The Morgan fingerprint density at radius 2 is 1.88 bits per heavy atom. The summed E-state index contributed by atoms with van der Waals surface area (Å²) in [7, 11) is 0. The summed E-state index contributed by atoms with van der Waals surface area (Å²) < 4.78 is 13.2. The maximum Gasteiger partial charge on any atom is 0.123 e. The van der Waals surface area contributed by atoms with Crippen LogP contribution in [0.25, 0.3) is 0 Å². The number of hydrogen-bond donors (Lipinski definition) is 0. The Morgan fingerprint density at radius 3 is 2.38 bits per heavy atom. The molecule has 1 rings (SSSR count). The second kappa shape index (κ2) is 6.76. The Labute approximate surface area is 107 Å². The van der Waals surface area contributed by atoms with E-state index in [9.17, 15) is 4.39 Å². The highest BCUT2D eigenvalue weighted by Crippen LogP contribution is 2.46. The molecule has 0 aliphatic heterocycles.